The fraction of sp³-hybridized carbons (Fsp3) is 0.579. The quantitative estimate of drug-likeness (QED) is 0.903. The Morgan fingerprint density at radius 1 is 1.36 bits per heavy atom. The lowest BCUT2D eigenvalue weighted by atomic mass is 9.99. The van der Waals surface area contributed by atoms with E-state index in [9.17, 15) is 0 Å². The molecule has 0 fully saturated rings. The number of methoxy groups -OCH3 is 1. The van der Waals surface area contributed by atoms with Gasteiger partial charge in [-0.2, -0.15) is 0 Å². The molecule has 1 aromatic carbocycles. The van der Waals surface area contributed by atoms with Crippen LogP contribution in [-0.4, -0.2) is 34.5 Å². The third-order valence-electron chi connectivity index (χ3n) is 5.26. The Morgan fingerprint density at radius 2 is 2.24 bits per heavy atom. The maximum atomic E-state index is 6.02. The van der Waals surface area contributed by atoms with Crippen molar-refractivity contribution in [2.24, 2.45) is 5.92 Å². The molecule has 0 radical (unpaired) electrons. The summed E-state index contributed by atoms with van der Waals surface area (Å²) in [6, 6.07) is 4.19. The minimum Gasteiger partial charge on any atom is -0.497 e. The van der Waals surface area contributed by atoms with E-state index in [0.717, 1.165) is 62.0 Å². The number of benzene rings is 1. The number of fused-ring (bicyclic) bond motifs is 2. The van der Waals surface area contributed by atoms with Gasteiger partial charge in [-0.15, -0.1) is 10.2 Å². The van der Waals surface area contributed by atoms with Gasteiger partial charge in [-0.25, -0.2) is 0 Å². The highest BCUT2D eigenvalue weighted by molar-refractivity contribution is 5.49. The maximum absolute atomic E-state index is 6.02. The molecule has 2 aliphatic rings. The predicted molar refractivity (Wildman–Crippen MR) is 95.1 cm³/mol. The largest absolute Gasteiger partial charge is 0.497 e. The highest BCUT2D eigenvalue weighted by atomic mass is 16.5. The van der Waals surface area contributed by atoms with E-state index in [1.807, 2.05) is 6.92 Å². The highest BCUT2D eigenvalue weighted by Crippen LogP contribution is 2.36. The molecule has 0 saturated heterocycles. The first-order valence-corrected chi connectivity index (χ1v) is 9.10. The van der Waals surface area contributed by atoms with Crippen LogP contribution in [0.15, 0.2) is 12.1 Å². The first-order chi connectivity index (χ1) is 12.1. The second kappa shape index (κ2) is 6.67. The first kappa shape index (κ1) is 16.4. The summed E-state index contributed by atoms with van der Waals surface area (Å²) < 4.78 is 13.7. The molecule has 1 N–H and O–H groups in total. The fourth-order valence-electron chi connectivity index (χ4n) is 3.93. The van der Waals surface area contributed by atoms with E-state index in [-0.39, 0.29) is 6.10 Å². The molecule has 134 valence electrons. The standard InChI is InChI=1S/C19H26N4O2/c1-12-6-15-7-17(24-3)8-16(19(15)25-12)10-20-9-14-4-5-18-22-21-13(2)23(18)11-14/h7-8,12,14,20H,4-6,9-11H2,1-3H3/t12-,14-/m0/s1. The third kappa shape index (κ3) is 3.23. The van der Waals surface area contributed by atoms with Gasteiger partial charge in [0.25, 0.3) is 0 Å². The van der Waals surface area contributed by atoms with Crippen molar-refractivity contribution < 1.29 is 9.47 Å². The summed E-state index contributed by atoms with van der Waals surface area (Å²) in [6.07, 6.45) is 3.38. The van der Waals surface area contributed by atoms with Crippen molar-refractivity contribution in [3.05, 3.63) is 34.9 Å². The average Bonchev–Trinajstić information content (AvgIpc) is 3.17. The second-order valence-corrected chi connectivity index (χ2v) is 7.22. The van der Waals surface area contributed by atoms with E-state index in [2.05, 4.69) is 39.1 Å². The van der Waals surface area contributed by atoms with Crippen LogP contribution in [0.1, 0.15) is 36.1 Å². The summed E-state index contributed by atoms with van der Waals surface area (Å²) in [7, 11) is 1.72. The molecule has 1 aromatic heterocycles. The van der Waals surface area contributed by atoms with E-state index in [4.69, 9.17) is 9.47 Å². The summed E-state index contributed by atoms with van der Waals surface area (Å²) in [4.78, 5) is 0. The molecule has 25 heavy (non-hydrogen) atoms. The molecule has 2 aliphatic heterocycles. The summed E-state index contributed by atoms with van der Waals surface area (Å²) in [5.74, 6) is 4.72. The van der Waals surface area contributed by atoms with E-state index in [0.29, 0.717) is 5.92 Å². The zero-order valence-corrected chi connectivity index (χ0v) is 15.2. The maximum Gasteiger partial charge on any atom is 0.133 e. The molecule has 0 saturated carbocycles. The lowest BCUT2D eigenvalue weighted by molar-refractivity contribution is 0.251. The monoisotopic (exact) mass is 342 g/mol. The van der Waals surface area contributed by atoms with E-state index in [1.165, 1.54) is 11.1 Å². The van der Waals surface area contributed by atoms with Crippen molar-refractivity contribution in [3.8, 4) is 11.5 Å². The number of nitrogens with zero attached hydrogens (tertiary/aromatic N) is 3. The van der Waals surface area contributed by atoms with Crippen LogP contribution < -0.4 is 14.8 Å². The second-order valence-electron chi connectivity index (χ2n) is 7.22. The van der Waals surface area contributed by atoms with Gasteiger partial charge in [0.2, 0.25) is 0 Å². The van der Waals surface area contributed by atoms with Gasteiger partial charge in [0.1, 0.15) is 29.3 Å². The van der Waals surface area contributed by atoms with Crippen LogP contribution in [0.2, 0.25) is 0 Å². The molecule has 2 atom stereocenters. The number of hydrogen-bond acceptors (Lipinski definition) is 5. The fourth-order valence-corrected chi connectivity index (χ4v) is 3.93. The molecule has 0 unspecified atom stereocenters. The zero-order chi connectivity index (χ0) is 17.4. The molecular formula is C19H26N4O2. The molecule has 0 amide bonds. The van der Waals surface area contributed by atoms with Gasteiger partial charge in [-0.05, 0) is 44.9 Å². The zero-order valence-electron chi connectivity index (χ0n) is 15.2. The molecule has 0 aliphatic carbocycles. The topological polar surface area (TPSA) is 61.2 Å². The molecule has 4 rings (SSSR count). The minimum atomic E-state index is 0.245. The van der Waals surface area contributed by atoms with E-state index < -0.39 is 0 Å². The number of aromatic nitrogens is 3. The van der Waals surface area contributed by atoms with Crippen molar-refractivity contribution in [1.29, 1.82) is 0 Å². The molecule has 2 aromatic rings. The van der Waals surface area contributed by atoms with Crippen LogP contribution in [0.25, 0.3) is 0 Å². The SMILES string of the molecule is COc1cc(CNC[C@@H]2CCc3nnc(C)n3C2)c2c(c1)C[C@H](C)O2. The summed E-state index contributed by atoms with van der Waals surface area (Å²) in [5, 5.41) is 12.1. The number of rotatable bonds is 5. The van der Waals surface area contributed by atoms with E-state index in [1.54, 1.807) is 7.11 Å². The Morgan fingerprint density at radius 3 is 3.08 bits per heavy atom. The van der Waals surface area contributed by atoms with Crippen LogP contribution in [0.3, 0.4) is 0 Å². The normalized spacial score (nSPS) is 21.6. The molecule has 6 heteroatoms. The van der Waals surface area contributed by atoms with Crippen LogP contribution in [0.4, 0.5) is 0 Å². The Kier molecular flexibility index (Phi) is 4.37. The van der Waals surface area contributed by atoms with Gasteiger partial charge in [0.15, 0.2) is 0 Å². The smallest absolute Gasteiger partial charge is 0.133 e. The van der Waals surface area contributed by atoms with Crippen molar-refractivity contribution in [2.45, 2.75) is 52.3 Å². The third-order valence-corrected chi connectivity index (χ3v) is 5.26. The summed E-state index contributed by atoms with van der Waals surface area (Å²) >= 11 is 0. The van der Waals surface area contributed by atoms with Gasteiger partial charge in [-0.3, -0.25) is 0 Å². The first-order valence-electron chi connectivity index (χ1n) is 9.10. The number of nitrogens with one attached hydrogen (secondary N) is 1. The van der Waals surface area contributed by atoms with Crippen LogP contribution in [-0.2, 0) is 25.9 Å². The number of hydrogen-bond donors (Lipinski definition) is 1. The average molecular weight is 342 g/mol. The summed E-state index contributed by atoms with van der Waals surface area (Å²) in [5.41, 5.74) is 2.45. The number of aryl methyl sites for hydroxylation is 2. The van der Waals surface area contributed by atoms with Crippen LogP contribution in [0.5, 0.6) is 11.5 Å². The van der Waals surface area contributed by atoms with Gasteiger partial charge >= 0.3 is 0 Å². The Bertz CT molecular complexity index is 771. The lowest BCUT2D eigenvalue weighted by Crippen LogP contribution is -2.30. The van der Waals surface area contributed by atoms with Crippen molar-refractivity contribution >= 4 is 0 Å². The molecule has 3 heterocycles. The lowest BCUT2D eigenvalue weighted by Gasteiger charge is -2.24. The van der Waals surface area contributed by atoms with Crippen molar-refractivity contribution in [1.82, 2.24) is 20.1 Å². The Hall–Kier alpha value is -2.08. The highest BCUT2D eigenvalue weighted by Gasteiger charge is 2.24. The predicted octanol–water partition coefficient (Wildman–Crippen LogP) is 2.27. The molecular weight excluding hydrogens is 316 g/mol. The Labute approximate surface area is 148 Å². The van der Waals surface area contributed by atoms with Gasteiger partial charge in [0, 0.05) is 37.1 Å². The van der Waals surface area contributed by atoms with E-state index >= 15 is 0 Å². The van der Waals surface area contributed by atoms with Crippen molar-refractivity contribution in [3.63, 3.8) is 0 Å². The van der Waals surface area contributed by atoms with Crippen LogP contribution >= 0.6 is 0 Å². The molecule has 0 bridgehead atoms. The van der Waals surface area contributed by atoms with Crippen molar-refractivity contribution in [2.75, 3.05) is 13.7 Å². The minimum absolute atomic E-state index is 0.245. The van der Waals surface area contributed by atoms with Gasteiger partial charge < -0.3 is 19.4 Å². The summed E-state index contributed by atoms with van der Waals surface area (Å²) in [6.45, 7) is 6.94. The molecule has 6 nitrogen and oxygen atoms in total. The van der Waals surface area contributed by atoms with Crippen LogP contribution in [0, 0.1) is 12.8 Å². The molecule has 0 spiro atoms. The number of ether oxygens (including phenoxy) is 2. The Balaban J connectivity index is 1.40. The van der Waals surface area contributed by atoms with Gasteiger partial charge in [-0.1, -0.05) is 0 Å². The van der Waals surface area contributed by atoms with Gasteiger partial charge in [0.05, 0.1) is 7.11 Å².